The van der Waals surface area contributed by atoms with E-state index in [1.54, 1.807) is 58.2 Å². The first-order chi connectivity index (χ1) is 16.4. The second-order valence-electron chi connectivity index (χ2n) is 8.83. The minimum Gasteiger partial charge on any atom is -0.508 e. The summed E-state index contributed by atoms with van der Waals surface area (Å²) in [7, 11) is 2.78. The highest BCUT2D eigenvalue weighted by atomic mass is 79.9. The van der Waals surface area contributed by atoms with E-state index in [0.717, 1.165) is 5.56 Å². The third-order valence-corrected chi connectivity index (χ3v) is 5.46. The molecular weight excluding hydrogens is 520 g/mol. The lowest BCUT2D eigenvalue weighted by Crippen LogP contribution is -2.53. The van der Waals surface area contributed by atoms with E-state index in [1.807, 2.05) is 0 Å². The minimum atomic E-state index is -1.05. The first kappa shape index (κ1) is 28.0. The van der Waals surface area contributed by atoms with Gasteiger partial charge in [-0.15, -0.1) is 0 Å². The van der Waals surface area contributed by atoms with Crippen LogP contribution in [-0.2, 0) is 31.9 Å². The Morgan fingerprint density at radius 2 is 1.54 bits per heavy atom. The van der Waals surface area contributed by atoms with Crippen molar-refractivity contribution in [2.75, 3.05) is 14.2 Å². The number of hydrogen-bond acceptors (Lipinski definition) is 7. The quantitative estimate of drug-likeness (QED) is 0.408. The van der Waals surface area contributed by atoms with Crippen LogP contribution in [0.4, 0.5) is 4.79 Å². The van der Waals surface area contributed by atoms with Crippen LogP contribution in [0.25, 0.3) is 0 Å². The van der Waals surface area contributed by atoms with Crippen molar-refractivity contribution in [3.8, 4) is 11.5 Å². The summed E-state index contributed by atoms with van der Waals surface area (Å²) in [6, 6.07) is 9.49. The largest absolute Gasteiger partial charge is 0.508 e. The fraction of sp³-hybridized carbons (Fsp3) is 0.400. The van der Waals surface area contributed by atoms with Crippen molar-refractivity contribution in [3.63, 3.8) is 0 Å². The molecule has 0 radical (unpaired) electrons. The highest BCUT2D eigenvalue weighted by Crippen LogP contribution is 2.26. The lowest BCUT2D eigenvalue weighted by atomic mass is 10.0. The molecule has 10 heteroatoms. The normalized spacial score (nSPS) is 12.7. The van der Waals surface area contributed by atoms with Gasteiger partial charge in [-0.25, -0.2) is 9.59 Å². The maximum Gasteiger partial charge on any atom is 0.408 e. The first-order valence-electron chi connectivity index (χ1n) is 10.9. The molecule has 35 heavy (non-hydrogen) atoms. The molecule has 3 N–H and O–H groups in total. The van der Waals surface area contributed by atoms with Crippen molar-refractivity contribution in [2.24, 2.45) is 0 Å². The van der Waals surface area contributed by atoms with Crippen molar-refractivity contribution < 1.29 is 33.7 Å². The van der Waals surface area contributed by atoms with Gasteiger partial charge in [-0.2, -0.15) is 0 Å². The van der Waals surface area contributed by atoms with Gasteiger partial charge in [-0.05, 0) is 72.1 Å². The summed E-state index contributed by atoms with van der Waals surface area (Å²) in [6.45, 7) is 5.13. The van der Waals surface area contributed by atoms with Gasteiger partial charge in [-0.3, -0.25) is 4.79 Å². The van der Waals surface area contributed by atoms with E-state index in [4.69, 9.17) is 14.2 Å². The number of hydrogen-bond donors (Lipinski definition) is 3. The molecule has 2 aromatic rings. The van der Waals surface area contributed by atoms with Gasteiger partial charge in [-0.1, -0.05) is 18.2 Å². The number of esters is 1. The van der Waals surface area contributed by atoms with Crippen molar-refractivity contribution in [2.45, 2.75) is 51.3 Å². The molecule has 2 aromatic carbocycles. The third-order valence-electron chi connectivity index (χ3n) is 4.84. The van der Waals surface area contributed by atoms with Gasteiger partial charge in [0.2, 0.25) is 5.91 Å². The smallest absolute Gasteiger partial charge is 0.408 e. The maximum atomic E-state index is 13.2. The number of phenols is 1. The SMILES string of the molecule is COC(=O)[C@H](Cc1ccc(OC)c(Br)c1)NC(=O)[C@H](Cc1ccc(O)cc1)NC(=O)OC(C)(C)C. The summed E-state index contributed by atoms with van der Waals surface area (Å²) in [6.07, 6.45) is -0.516. The average molecular weight is 551 g/mol. The number of ether oxygens (including phenoxy) is 3. The number of alkyl carbamates (subject to hydrolysis) is 1. The van der Waals surface area contributed by atoms with Crippen LogP contribution in [0.15, 0.2) is 46.9 Å². The fourth-order valence-corrected chi connectivity index (χ4v) is 3.80. The predicted molar refractivity (Wildman–Crippen MR) is 133 cm³/mol. The third kappa shape index (κ3) is 9.12. The lowest BCUT2D eigenvalue weighted by molar-refractivity contribution is -0.145. The van der Waals surface area contributed by atoms with E-state index < -0.39 is 35.7 Å². The van der Waals surface area contributed by atoms with Crippen molar-refractivity contribution in [3.05, 3.63) is 58.1 Å². The van der Waals surface area contributed by atoms with Gasteiger partial charge in [0.1, 0.15) is 29.2 Å². The fourth-order valence-electron chi connectivity index (χ4n) is 3.21. The number of methoxy groups -OCH3 is 2. The van der Waals surface area contributed by atoms with Crippen LogP contribution >= 0.6 is 15.9 Å². The highest BCUT2D eigenvalue weighted by Gasteiger charge is 2.29. The molecule has 0 spiro atoms. The lowest BCUT2D eigenvalue weighted by Gasteiger charge is -2.25. The summed E-state index contributed by atoms with van der Waals surface area (Å²) >= 11 is 3.41. The Kier molecular flexibility index (Phi) is 9.94. The predicted octanol–water partition coefficient (Wildman–Crippen LogP) is 3.50. The summed E-state index contributed by atoms with van der Waals surface area (Å²) in [5.74, 6) is -0.521. The van der Waals surface area contributed by atoms with Crippen LogP contribution in [-0.4, -0.2) is 55.0 Å². The summed E-state index contributed by atoms with van der Waals surface area (Å²) in [5, 5.41) is 14.8. The minimum absolute atomic E-state index is 0.0752. The van der Waals surface area contributed by atoms with Crippen LogP contribution in [0.3, 0.4) is 0 Å². The van der Waals surface area contributed by atoms with Gasteiger partial charge in [0.25, 0.3) is 0 Å². The molecule has 0 bridgehead atoms. The van der Waals surface area contributed by atoms with Crippen molar-refractivity contribution >= 4 is 33.9 Å². The molecule has 2 amide bonds. The van der Waals surface area contributed by atoms with E-state index in [1.165, 1.54) is 19.2 Å². The van der Waals surface area contributed by atoms with Gasteiger partial charge in [0, 0.05) is 12.8 Å². The number of nitrogens with one attached hydrogen (secondary N) is 2. The zero-order valence-corrected chi connectivity index (χ0v) is 22.0. The summed E-state index contributed by atoms with van der Waals surface area (Å²) in [4.78, 5) is 38.1. The number of amides is 2. The van der Waals surface area contributed by atoms with E-state index in [2.05, 4.69) is 26.6 Å². The van der Waals surface area contributed by atoms with Crippen molar-refractivity contribution in [1.82, 2.24) is 10.6 Å². The van der Waals surface area contributed by atoms with Crippen LogP contribution < -0.4 is 15.4 Å². The molecule has 0 unspecified atom stereocenters. The zero-order chi connectivity index (χ0) is 26.2. The van der Waals surface area contributed by atoms with Gasteiger partial charge in [0.15, 0.2) is 0 Å². The van der Waals surface area contributed by atoms with Crippen LogP contribution in [0.5, 0.6) is 11.5 Å². The second-order valence-corrected chi connectivity index (χ2v) is 9.68. The van der Waals surface area contributed by atoms with Gasteiger partial charge in [0.05, 0.1) is 18.7 Å². The Hall–Kier alpha value is -3.27. The summed E-state index contributed by atoms with van der Waals surface area (Å²) < 4.78 is 16.1. The number of carbonyl (C=O) groups excluding carboxylic acids is 3. The maximum absolute atomic E-state index is 13.2. The zero-order valence-electron chi connectivity index (χ0n) is 20.4. The van der Waals surface area contributed by atoms with Crippen LogP contribution in [0, 0.1) is 0 Å². The standard InChI is InChI=1S/C25H31BrN2O7/c1-25(2,3)35-24(32)28-19(13-15-6-9-17(29)10-7-15)22(30)27-20(23(31)34-5)14-16-8-11-21(33-4)18(26)12-16/h6-12,19-20,29H,13-14H2,1-5H3,(H,27,30)(H,28,32)/t19-,20-/m0/s1. The molecule has 2 rings (SSSR count). The Morgan fingerprint density at radius 3 is 2.09 bits per heavy atom. The molecular formula is C25H31BrN2O7. The number of carbonyl (C=O) groups is 3. The number of rotatable bonds is 9. The van der Waals surface area contributed by atoms with E-state index >= 15 is 0 Å². The van der Waals surface area contributed by atoms with Gasteiger partial charge < -0.3 is 30.0 Å². The van der Waals surface area contributed by atoms with E-state index in [-0.39, 0.29) is 18.6 Å². The van der Waals surface area contributed by atoms with Crippen LogP contribution in [0.1, 0.15) is 31.9 Å². The molecule has 0 saturated heterocycles. The molecule has 190 valence electrons. The van der Waals surface area contributed by atoms with Gasteiger partial charge >= 0.3 is 12.1 Å². The topological polar surface area (TPSA) is 123 Å². The molecule has 0 aliphatic rings. The molecule has 0 heterocycles. The second kappa shape index (κ2) is 12.4. The Morgan fingerprint density at radius 1 is 0.943 bits per heavy atom. The Labute approximate surface area is 213 Å². The first-order valence-corrected chi connectivity index (χ1v) is 11.7. The molecule has 0 aliphatic carbocycles. The van der Waals surface area contributed by atoms with Crippen LogP contribution in [0.2, 0.25) is 0 Å². The number of halogens is 1. The molecule has 0 aliphatic heterocycles. The highest BCUT2D eigenvalue weighted by molar-refractivity contribution is 9.10. The average Bonchev–Trinajstić information content (AvgIpc) is 2.78. The molecule has 0 fully saturated rings. The number of phenolic OH excluding ortho intramolecular Hbond substituents is 1. The number of aromatic hydroxyl groups is 1. The molecule has 0 aromatic heterocycles. The Bertz CT molecular complexity index is 1040. The van der Waals surface area contributed by atoms with E-state index in [9.17, 15) is 19.5 Å². The summed E-state index contributed by atoms with van der Waals surface area (Å²) in [5.41, 5.74) is 0.677. The monoisotopic (exact) mass is 550 g/mol. The van der Waals surface area contributed by atoms with Crippen molar-refractivity contribution in [1.29, 1.82) is 0 Å². The van der Waals surface area contributed by atoms with E-state index in [0.29, 0.717) is 15.8 Å². The molecule has 2 atom stereocenters. The molecule has 0 saturated carbocycles. The molecule has 9 nitrogen and oxygen atoms in total. The number of benzene rings is 2. The Balaban J connectivity index is 2.24.